The first-order valence-electron chi connectivity index (χ1n) is 7.50. The van der Waals surface area contributed by atoms with Gasteiger partial charge >= 0.3 is 0 Å². The maximum atomic E-state index is 12.8. The molecule has 0 aliphatic carbocycles. The Morgan fingerprint density at radius 1 is 1.09 bits per heavy atom. The van der Waals surface area contributed by atoms with E-state index in [0.717, 1.165) is 11.3 Å². The molecule has 1 aliphatic rings. The minimum Gasteiger partial charge on any atom is -0.364 e. The molecule has 0 amide bonds. The Kier molecular flexibility index (Phi) is 3.28. The molecule has 0 saturated heterocycles. The van der Waals surface area contributed by atoms with Gasteiger partial charge in [0.25, 0.3) is 5.56 Å². The van der Waals surface area contributed by atoms with Gasteiger partial charge in [-0.2, -0.15) is 9.78 Å². The van der Waals surface area contributed by atoms with E-state index in [0.29, 0.717) is 23.3 Å². The van der Waals surface area contributed by atoms with E-state index in [9.17, 15) is 4.79 Å². The molecule has 0 saturated carbocycles. The largest absolute Gasteiger partial charge is 0.364 e. The van der Waals surface area contributed by atoms with Crippen molar-refractivity contribution in [2.75, 3.05) is 6.61 Å². The molecule has 2 aromatic carbocycles. The van der Waals surface area contributed by atoms with Crippen LogP contribution in [0.3, 0.4) is 0 Å². The van der Waals surface area contributed by atoms with E-state index in [4.69, 9.17) is 4.74 Å². The van der Waals surface area contributed by atoms with Crippen molar-refractivity contribution in [2.24, 2.45) is 5.10 Å². The van der Waals surface area contributed by atoms with E-state index in [2.05, 4.69) is 10.1 Å². The third-order valence-corrected chi connectivity index (χ3v) is 3.94. The summed E-state index contributed by atoms with van der Waals surface area (Å²) in [4.78, 5) is 17.4. The van der Waals surface area contributed by atoms with Crippen molar-refractivity contribution in [1.29, 1.82) is 0 Å². The Morgan fingerprint density at radius 2 is 1.83 bits per heavy atom. The minimum atomic E-state index is -0.308. The normalized spacial score (nSPS) is 17.4. The third-order valence-electron chi connectivity index (χ3n) is 3.94. The summed E-state index contributed by atoms with van der Waals surface area (Å²) in [6.07, 6.45) is -0.308. The van der Waals surface area contributed by atoms with E-state index >= 15 is 0 Å². The summed E-state index contributed by atoms with van der Waals surface area (Å²) in [6, 6.07) is 17.0. The quantitative estimate of drug-likeness (QED) is 0.694. The standard InChI is InChI=1S/C18H15N3O2/c1-12-17-19-15-10-6-5-9-14(15)18(22)21(17)20-16(11-23-12)13-7-3-2-4-8-13/h2-10,12H,11H2,1H3/t12-/m0/s1. The molecule has 5 nitrogen and oxygen atoms in total. The maximum Gasteiger partial charge on any atom is 0.282 e. The lowest BCUT2D eigenvalue weighted by Gasteiger charge is -2.12. The van der Waals surface area contributed by atoms with Gasteiger partial charge in [-0.1, -0.05) is 42.5 Å². The highest BCUT2D eigenvalue weighted by molar-refractivity contribution is 6.01. The van der Waals surface area contributed by atoms with Gasteiger partial charge in [0, 0.05) is 5.56 Å². The van der Waals surface area contributed by atoms with Crippen LogP contribution in [0.1, 0.15) is 24.4 Å². The van der Waals surface area contributed by atoms with Crippen molar-refractivity contribution < 1.29 is 4.74 Å². The van der Waals surface area contributed by atoms with Crippen LogP contribution < -0.4 is 5.56 Å². The first-order chi connectivity index (χ1) is 11.2. The number of hydrogen-bond acceptors (Lipinski definition) is 4. The van der Waals surface area contributed by atoms with Crippen LogP contribution in [0.25, 0.3) is 10.9 Å². The summed E-state index contributed by atoms with van der Waals surface area (Å²) < 4.78 is 7.22. The first-order valence-corrected chi connectivity index (χ1v) is 7.50. The number of rotatable bonds is 1. The van der Waals surface area contributed by atoms with Crippen LogP contribution in [0, 0.1) is 0 Å². The minimum absolute atomic E-state index is 0.170. The molecular weight excluding hydrogens is 290 g/mol. The Hall–Kier alpha value is -2.79. The van der Waals surface area contributed by atoms with Gasteiger partial charge in [-0.3, -0.25) is 4.79 Å². The van der Waals surface area contributed by atoms with E-state index in [1.165, 1.54) is 4.68 Å². The first kappa shape index (κ1) is 13.8. The van der Waals surface area contributed by atoms with Crippen molar-refractivity contribution in [3.8, 4) is 0 Å². The molecule has 1 aliphatic heterocycles. The zero-order valence-electron chi connectivity index (χ0n) is 12.6. The lowest BCUT2D eigenvalue weighted by atomic mass is 10.1. The molecule has 0 unspecified atom stereocenters. The van der Waals surface area contributed by atoms with Crippen LogP contribution in [-0.4, -0.2) is 22.0 Å². The van der Waals surface area contributed by atoms with Crippen molar-refractivity contribution in [3.05, 3.63) is 76.3 Å². The van der Waals surface area contributed by atoms with Gasteiger partial charge in [0.15, 0.2) is 5.82 Å². The smallest absolute Gasteiger partial charge is 0.282 e. The van der Waals surface area contributed by atoms with Crippen molar-refractivity contribution in [1.82, 2.24) is 9.66 Å². The van der Waals surface area contributed by atoms with Crippen LogP contribution in [0.5, 0.6) is 0 Å². The molecule has 114 valence electrons. The van der Waals surface area contributed by atoms with Gasteiger partial charge in [0.2, 0.25) is 0 Å². The second kappa shape index (κ2) is 5.44. The summed E-state index contributed by atoms with van der Waals surface area (Å²) in [6.45, 7) is 2.22. The van der Waals surface area contributed by atoms with Crippen LogP contribution in [0.4, 0.5) is 0 Å². The van der Waals surface area contributed by atoms with Crippen molar-refractivity contribution >= 4 is 16.6 Å². The fraction of sp³-hybridized carbons (Fsp3) is 0.167. The molecule has 4 rings (SSSR count). The molecule has 5 heteroatoms. The number of hydrogen-bond donors (Lipinski definition) is 0. The molecule has 0 bridgehead atoms. The average molecular weight is 305 g/mol. The number of fused-ring (bicyclic) bond motifs is 2. The number of ether oxygens (including phenoxy) is 1. The third kappa shape index (κ3) is 2.35. The number of para-hydroxylation sites is 1. The van der Waals surface area contributed by atoms with E-state index in [1.54, 1.807) is 6.07 Å². The molecular formula is C18H15N3O2. The van der Waals surface area contributed by atoms with E-state index < -0.39 is 0 Å². The Morgan fingerprint density at radius 3 is 2.65 bits per heavy atom. The molecule has 3 aromatic rings. The van der Waals surface area contributed by atoms with Crippen LogP contribution >= 0.6 is 0 Å². The van der Waals surface area contributed by atoms with E-state index in [-0.39, 0.29) is 11.7 Å². The van der Waals surface area contributed by atoms with Crippen LogP contribution in [0.2, 0.25) is 0 Å². The lowest BCUT2D eigenvalue weighted by Crippen LogP contribution is -2.23. The molecule has 1 aromatic heterocycles. The summed E-state index contributed by atoms with van der Waals surface area (Å²) in [7, 11) is 0. The van der Waals surface area contributed by atoms with Gasteiger partial charge in [-0.15, -0.1) is 0 Å². The molecule has 2 heterocycles. The second-order valence-electron chi connectivity index (χ2n) is 5.47. The number of benzene rings is 2. The summed E-state index contributed by atoms with van der Waals surface area (Å²) in [5, 5.41) is 5.10. The molecule has 23 heavy (non-hydrogen) atoms. The zero-order valence-corrected chi connectivity index (χ0v) is 12.6. The number of nitrogens with zero attached hydrogens (tertiary/aromatic N) is 3. The lowest BCUT2D eigenvalue weighted by molar-refractivity contribution is 0.0909. The summed E-state index contributed by atoms with van der Waals surface area (Å²) in [5.74, 6) is 0.527. The highest BCUT2D eigenvalue weighted by Crippen LogP contribution is 2.20. The number of aromatic nitrogens is 2. The predicted molar refractivity (Wildman–Crippen MR) is 88.7 cm³/mol. The molecule has 0 radical (unpaired) electrons. The van der Waals surface area contributed by atoms with Gasteiger partial charge in [-0.25, -0.2) is 4.98 Å². The summed E-state index contributed by atoms with van der Waals surface area (Å²) in [5.41, 5.74) is 2.15. The zero-order chi connectivity index (χ0) is 15.8. The monoisotopic (exact) mass is 305 g/mol. The van der Waals surface area contributed by atoms with Gasteiger partial charge in [0.05, 0.1) is 23.2 Å². The van der Waals surface area contributed by atoms with Crippen LogP contribution in [0.15, 0.2) is 64.5 Å². The highest BCUT2D eigenvalue weighted by Gasteiger charge is 2.21. The summed E-state index contributed by atoms with van der Waals surface area (Å²) >= 11 is 0. The Balaban J connectivity index is 1.99. The highest BCUT2D eigenvalue weighted by atomic mass is 16.5. The molecule has 1 atom stereocenters. The maximum absolute atomic E-state index is 12.8. The van der Waals surface area contributed by atoms with Gasteiger partial charge in [0.1, 0.15) is 6.10 Å². The van der Waals surface area contributed by atoms with Gasteiger partial charge in [-0.05, 0) is 19.1 Å². The fourth-order valence-corrected chi connectivity index (χ4v) is 2.70. The van der Waals surface area contributed by atoms with Crippen molar-refractivity contribution in [3.63, 3.8) is 0 Å². The molecule has 0 spiro atoms. The predicted octanol–water partition coefficient (Wildman–Crippen LogP) is 2.74. The Labute approximate surface area is 132 Å². The molecule has 0 N–H and O–H groups in total. The second-order valence-corrected chi connectivity index (χ2v) is 5.47. The van der Waals surface area contributed by atoms with Crippen molar-refractivity contribution in [2.45, 2.75) is 13.0 Å². The van der Waals surface area contributed by atoms with Crippen LogP contribution in [-0.2, 0) is 4.74 Å². The van der Waals surface area contributed by atoms with Gasteiger partial charge < -0.3 is 4.74 Å². The topological polar surface area (TPSA) is 56.5 Å². The fourth-order valence-electron chi connectivity index (χ4n) is 2.70. The average Bonchev–Trinajstić information content (AvgIpc) is 2.76. The molecule has 0 fully saturated rings. The van der Waals surface area contributed by atoms with E-state index in [1.807, 2.05) is 55.5 Å². The SMILES string of the molecule is C[C@@H]1OCC(c2ccccc2)=Nn2c1nc1ccccc1c2=O. The Bertz CT molecular complexity index is 961.